The zero-order chi connectivity index (χ0) is 14.8. The van der Waals surface area contributed by atoms with Crippen molar-refractivity contribution in [3.63, 3.8) is 0 Å². The summed E-state index contributed by atoms with van der Waals surface area (Å²) >= 11 is 0. The number of rotatable bonds is 8. The smallest absolute Gasteiger partial charge is 0.211 e. The van der Waals surface area contributed by atoms with Crippen molar-refractivity contribution in [2.75, 3.05) is 13.1 Å². The fourth-order valence-corrected chi connectivity index (χ4v) is 2.03. The first-order valence-electron chi connectivity index (χ1n) is 7.09. The number of guanidine groups is 1. The molecule has 0 spiro atoms. The highest BCUT2D eigenvalue weighted by Gasteiger charge is 2.03. The quantitative estimate of drug-likeness (QED) is 0.432. The first kappa shape index (κ1) is 16.2. The van der Waals surface area contributed by atoms with Crippen LogP contribution in [0.25, 0.3) is 0 Å². The van der Waals surface area contributed by atoms with Crippen LogP contribution >= 0.6 is 0 Å². The van der Waals surface area contributed by atoms with E-state index in [1.54, 1.807) is 6.21 Å². The third kappa shape index (κ3) is 6.33. The minimum Gasteiger partial charge on any atom is -0.369 e. The average Bonchev–Trinajstić information content (AvgIpc) is 2.41. The molecule has 4 N–H and O–H groups in total. The fourth-order valence-electron chi connectivity index (χ4n) is 2.03. The van der Waals surface area contributed by atoms with Crippen LogP contribution in [0.3, 0.4) is 0 Å². The van der Waals surface area contributed by atoms with E-state index in [1.165, 1.54) is 18.4 Å². The molecule has 0 bridgehead atoms. The van der Waals surface area contributed by atoms with Crippen LogP contribution in [0.2, 0.25) is 0 Å². The summed E-state index contributed by atoms with van der Waals surface area (Å²) < 4.78 is 0. The number of nitrogens with two attached hydrogens (primary N) is 2. The largest absolute Gasteiger partial charge is 0.369 e. The molecule has 0 aliphatic rings. The maximum Gasteiger partial charge on any atom is 0.211 e. The molecule has 0 aliphatic carbocycles. The topological polar surface area (TPSA) is 80.0 Å². The van der Waals surface area contributed by atoms with Gasteiger partial charge in [0.2, 0.25) is 5.96 Å². The van der Waals surface area contributed by atoms with Gasteiger partial charge in [-0.3, -0.25) is 4.90 Å². The summed E-state index contributed by atoms with van der Waals surface area (Å²) in [5.74, 6) is -0.0346. The zero-order valence-electron chi connectivity index (χ0n) is 12.4. The molecule has 0 amide bonds. The molecule has 0 unspecified atom stereocenters. The van der Waals surface area contributed by atoms with E-state index in [0.29, 0.717) is 0 Å². The molecule has 5 heteroatoms. The zero-order valence-corrected chi connectivity index (χ0v) is 12.4. The minimum absolute atomic E-state index is 0.0346. The van der Waals surface area contributed by atoms with Crippen LogP contribution in [-0.2, 0) is 6.54 Å². The Morgan fingerprint density at radius 3 is 2.20 bits per heavy atom. The van der Waals surface area contributed by atoms with Crippen molar-refractivity contribution >= 4 is 12.2 Å². The molecule has 20 heavy (non-hydrogen) atoms. The van der Waals surface area contributed by atoms with Gasteiger partial charge in [-0.1, -0.05) is 38.1 Å². The predicted molar refractivity (Wildman–Crippen MR) is 85.7 cm³/mol. The molecule has 0 aromatic heterocycles. The number of hydrogen-bond acceptors (Lipinski definition) is 3. The Balaban J connectivity index is 2.61. The SMILES string of the molecule is CCCN(CCC)Cc1ccc(C=NN=C(N)N)cc1. The van der Waals surface area contributed by atoms with Gasteiger partial charge in [-0.05, 0) is 37.1 Å². The van der Waals surface area contributed by atoms with Gasteiger partial charge in [0.05, 0.1) is 6.21 Å². The van der Waals surface area contributed by atoms with Crippen LogP contribution in [-0.4, -0.2) is 30.2 Å². The molecule has 0 radical (unpaired) electrons. The lowest BCUT2D eigenvalue weighted by molar-refractivity contribution is 0.266. The van der Waals surface area contributed by atoms with Crippen LogP contribution < -0.4 is 11.5 Å². The summed E-state index contributed by atoms with van der Waals surface area (Å²) in [6, 6.07) is 8.29. The summed E-state index contributed by atoms with van der Waals surface area (Å²) in [4.78, 5) is 2.47. The number of benzene rings is 1. The first-order valence-corrected chi connectivity index (χ1v) is 7.09. The van der Waals surface area contributed by atoms with Crippen molar-refractivity contribution in [2.24, 2.45) is 21.7 Å². The van der Waals surface area contributed by atoms with E-state index in [1.807, 2.05) is 12.1 Å². The second-order valence-electron chi connectivity index (χ2n) is 4.79. The van der Waals surface area contributed by atoms with E-state index >= 15 is 0 Å². The lowest BCUT2D eigenvalue weighted by Gasteiger charge is -2.20. The van der Waals surface area contributed by atoms with E-state index in [4.69, 9.17) is 11.5 Å². The number of hydrogen-bond donors (Lipinski definition) is 2. The van der Waals surface area contributed by atoms with Crippen molar-refractivity contribution in [3.05, 3.63) is 35.4 Å². The molecule has 1 rings (SSSR count). The Bertz CT molecular complexity index is 426. The van der Waals surface area contributed by atoms with E-state index in [0.717, 1.165) is 25.2 Å². The van der Waals surface area contributed by atoms with Gasteiger partial charge in [0.15, 0.2) is 0 Å². The minimum atomic E-state index is -0.0346. The van der Waals surface area contributed by atoms with Crippen molar-refractivity contribution in [1.29, 1.82) is 0 Å². The molecule has 1 aromatic carbocycles. The summed E-state index contributed by atoms with van der Waals surface area (Å²) in [6.07, 6.45) is 4.01. The second-order valence-corrected chi connectivity index (χ2v) is 4.79. The highest BCUT2D eigenvalue weighted by Crippen LogP contribution is 2.08. The maximum absolute atomic E-state index is 5.20. The van der Waals surface area contributed by atoms with Gasteiger partial charge in [-0.2, -0.15) is 5.10 Å². The van der Waals surface area contributed by atoms with Crippen molar-refractivity contribution in [2.45, 2.75) is 33.2 Å². The molecule has 5 nitrogen and oxygen atoms in total. The summed E-state index contributed by atoms with van der Waals surface area (Å²) in [5.41, 5.74) is 12.7. The Morgan fingerprint density at radius 2 is 1.70 bits per heavy atom. The lowest BCUT2D eigenvalue weighted by atomic mass is 10.1. The van der Waals surface area contributed by atoms with Gasteiger partial charge in [-0.25, -0.2) is 0 Å². The normalized spacial score (nSPS) is 11.2. The van der Waals surface area contributed by atoms with E-state index in [9.17, 15) is 0 Å². The van der Waals surface area contributed by atoms with E-state index in [2.05, 4.69) is 41.1 Å². The van der Waals surface area contributed by atoms with Crippen molar-refractivity contribution in [1.82, 2.24) is 4.90 Å². The number of nitrogens with zero attached hydrogens (tertiary/aromatic N) is 3. The molecular weight excluding hydrogens is 250 g/mol. The van der Waals surface area contributed by atoms with Gasteiger partial charge in [0.1, 0.15) is 0 Å². The Hall–Kier alpha value is -1.88. The van der Waals surface area contributed by atoms with Gasteiger partial charge in [0.25, 0.3) is 0 Å². The van der Waals surface area contributed by atoms with Crippen LogP contribution in [0.1, 0.15) is 37.8 Å². The Kier molecular flexibility index (Phi) is 7.35. The van der Waals surface area contributed by atoms with E-state index < -0.39 is 0 Å². The van der Waals surface area contributed by atoms with E-state index in [-0.39, 0.29) is 5.96 Å². The van der Waals surface area contributed by atoms with Crippen LogP contribution in [0.4, 0.5) is 0 Å². The van der Waals surface area contributed by atoms with Gasteiger partial charge in [0, 0.05) is 6.54 Å². The monoisotopic (exact) mass is 275 g/mol. The van der Waals surface area contributed by atoms with Crippen molar-refractivity contribution in [3.8, 4) is 0 Å². The second kappa shape index (κ2) is 9.09. The van der Waals surface area contributed by atoms with Crippen LogP contribution in [0, 0.1) is 0 Å². The molecule has 0 saturated carbocycles. The molecule has 110 valence electrons. The lowest BCUT2D eigenvalue weighted by Crippen LogP contribution is -2.24. The summed E-state index contributed by atoms with van der Waals surface area (Å²) in [6.45, 7) is 7.70. The molecular formula is C15H25N5. The summed E-state index contributed by atoms with van der Waals surface area (Å²) in [7, 11) is 0. The van der Waals surface area contributed by atoms with Crippen LogP contribution in [0.15, 0.2) is 34.5 Å². The standard InChI is InChI=1S/C15H25N5/c1-3-9-20(10-4-2)12-14-7-5-13(6-8-14)11-18-19-15(16)17/h5-8,11H,3-4,9-10,12H2,1-2H3,(H4,16,17,19). The molecule has 0 saturated heterocycles. The van der Waals surface area contributed by atoms with Crippen LogP contribution in [0.5, 0.6) is 0 Å². The maximum atomic E-state index is 5.20. The highest BCUT2D eigenvalue weighted by molar-refractivity contribution is 5.81. The van der Waals surface area contributed by atoms with Crippen molar-refractivity contribution < 1.29 is 0 Å². The molecule has 0 heterocycles. The average molecular weight is 275 g/mol. The Labute approximate surface area is 121 Å². The predicted octanol–water partition coefficient (Wildman–Crippen LogP) is 1.92. The fraction of sp³-hybridized carbons (Fsp3) is 0.467. The van der Waals surface area contributed by atoms with Gasteiger partial charge >= 0.3 is 0 Å². The molecule has 0 atom stereocenters. The van der Waals surface area contributed by atoms with Gasteiger partial charge in [-0.15, -0.1) is 5.10 Å². The third-order valence-corrected chi connectivity index (χ3v) is 2.85. The highest BCUT2D eigenvalue weighted by atomic mass is 15.3. The molecule has 0 fully saturated rings. The Morgan fingerprint density at radius 1 is 1.10 bits per heavy atom. The summed E-state index contributed by atoms with van der Waals surface area (Å²) in [5, 5.41) is 7.37. The third-order valence-electron chi connectivity index (χ3n) is 2.85. The molecule has 1 aromatic rings. The van der Waals surface area contributed by atoms with Gasteiger partial charge < -0.3 is 11.5 Å². The molecule has 0 aliphatic heterocycles. The first-order chi connectivity index (χ1) is 9.65.